The molecule has 1 N–H and O–H groups in total. The topological polar surface area (TPSA) is 86.8 Å². The van der Waals surface area contributed by atoms with Gasteiger partial charge in [-0.15, -0.1) is 0 Å². The van der Waals surface area contributed by atoms with E-state index in [1.807, 2.05) is 38.1 Å². The molecule has 0 aromatic heterocycles. The maximum Gasteiger partial charge on any atom is 0.242 e. The summed E-state index contributed by atoms with van der Waals surface area (Å²) in [7, 11) is -1.97. The van der Waals surface area contributed by atoms with Crippen molar-refractivity contribution < 1.29 is 18.0 Å². The molecule has 0 saturated carbocycles. The Kier molecular flexibility index (Phi) is 10.4. The molecule has 2 aromatic carbocycles. The van der Waals surface area contributed by atoms with Gasteiger partial charge in [-0.3, -0.25) is 13.9 Å². The molecule has 0 aliphatic rings. The first-order valence-electron chi connectivity index (χ1n) is 11.4. The van der Waals surface area contributed by atoms with Gasteiger partial charge in [0.2, 0.25) is 21.8 Å². The van der Waals surface area contributed by atoms with Gasteiger partial charge in [0.15, 0.2) is 0 Å². The van der Waals surface area contributed by atoms with Crippen LogP contribution in [-0.2, 0) is 32.6 Å². The molecule has 0 bridgehead atoms. The summed E-state index contributed by atoms with van der Waals surface area (Å²) in [6.45, 7) is 4.32. The van der Waals surface area contributed by atoms with Gasteiger partial charge in [-0.1, -0.05) is 49.7 Å². The Morgan fingerprint density at radius 3 is 2.09 bits per heavy atom. The lowest BCUT2D eigenvalue weighted by Gasteiger charge is -2.30. The molecule has 0 saturated heterocycles. The average molecular weight is 508 g/mol. The fourth-order valence-electron chi connectivity index (χ4n) is 3.77. The second-order valence-corrected chi connectivity index (χ2v) is 10.5. The van der Waals surface area contributed by atoms with Gasteiger partial charge < -0.3 is 10.2 Å². The summed E-state index contributed by atoms with van der Waals surface area (Å²) in [5.74, 6) is -0.446. The third kappa shape index (κ3) is 7.74. The van der Waals surface area contributed by atoms with E-state index in [4.69, 9.17) is 11.6 Å². The van der Waals surface area contributed by atoms with E-state index in [0.29, 0.717) is 23.6 Å². The van der Waals surface area contributed by atoms with Crippen molar-refractivity contribution in [2.45, 2.75) is 52.1 Å². The molecular formula is C25H34ClN3O4S. The van der Waals surface area contributed by atoms with Crippen molar-refractivity contribution in [2.75, 3.05) is 24.2 Å². The Morgan fingerprint density at radius 2 is 1.59 bits per heavy atom. The lowest BCUT2D eigenvalue weighted by molar-refractivity contribution is -0.141. The molecular weight excluding hydrogens is 474 g/mol. The van der Waals surface area contributed by atoms with Crippen LogP contribution in [0.15, 0.2) is 48.5 Å². The Morgan fingerprint density at radius 1 is 1.00 bits per heavy atom. The highest BCUT2D eigenvalue weighted by Crippen LogP contribution is 2.21. The van der Waals surface area contributed by atoms with E-state index in [1.54, 1.807) is 36.2 Å². The minimum absolute atomic E-state index is 0.111. The summed E-state index contributed by atoms with van der Waals surface area (Å²) in [4.78, 5) is 27.3. The zero-order chi connectivity index (χ0) is 25.3. The van der Waals surface area contributed by atoms with E-state index in [0.717, 1.165) is 23.8 Å². The van der Waals surface area contributed by atoms with Crippen molar-refractivity contribution in [3.05, 3.63) is 64.7 Å². The first kappa shape index (κ1) is 27.7. The highest BCUT2D eigenvalue weighted by molar-refractivity contribution is 7.92. The average Bonchev–Trinajstić information content (AvgIpc) is 2.82. The molecule has 7 nitrogen and oxygen atoms in total. The number of rotatable bonds is 12. The van der Waals surface area contributed by atoms with Gasteiger partial charge in [0.05, 0.1) is 11.9 Å². The number of carbonyl (C=O) groups is 2. The van der Waals surface area contributed by atoms with E-state index >= 15 is 0 Å². The Hall–Kier alpha value is -2.58. The number of aryl methyl sites for hydroxylation is 1. The van der Waals surface area contributed by atoms with Gasteiger partial charge in [-0.25, -0.2) is 8.42 Å². The zero-order valence-corrected chi connectivity index (χ0v) is 21.8. The van der Waals surface area contributed by atoms with E-state index in [2.05, 4.69) is 5.32 Å². The molecule has 0 aliphatic heterocycles. The van der Waals surface area contributed by atoms with Crippen molar-refractivity contribution in [2.24, 2.45) is 0 Å². The maximum atomic E-state index is 13.2. The van der Waals surface area contributed by atoms with Gasteiger partial charge in [0, 0.05) is 31.6 Å². The second-order valence-electron chi connectivity index (χ2n) is 8.15. The van der Waals surface area contributed by atoms with Crippen LogP contribution >= 0.6 is 11.6 Å². The summed E-state index contributed by atoms with van der Waals surface area (Å²) in [6.07, 6.45) is 2.91. The van der Waals surface area contributed by atoms with E-state index in [-0.39, 0.29) is 31.3 Å². The molecule has 0 aliphatic carbocycles. The highest BCUT2D eigenvalue weighted by Gasteiger charge is 2.28. The van der Waals surface area contributed by atoms with Crippen LogP contribution in [0.1, 0.15) is 44.2 Å². The van der Waals surface area contributed by atoms with E-state index in [1.165, 1.54) is 4.31 Å². The standard InChI is InChI=1S/C25H34ClN3O4S/c1-5-19-11-15-22(16-12-19)29(34(4,32)33)17-7-8-24(30)28(23(6-2)25(31)27-3)18-20-9-13-21(26)14-10-20/h9-16,23H,5-8,17-18H2,1-4H3,(H,27,31)/t23-/m1/s1. The third-order valence-electron chi connectivity index (χ3n) is 5.68. The third-order valence-corrected chi connectivity index (χ3v) is 7.13. The van der Waals surface area contributed by atoms with Gasteiger partial charge >= 0.3 is 0 Å². The number of anilines is 1. The molecule has 2 aromatic rings. The van der Waals surface area contributed by atoms with Crippen LogP contribution in [0.2, 0.25) is 5.02 Å². The van der Waals surface area contributed by atoms with Crippen molar-refractivity contribution in [3.63, 3.8) is 0 Å². The predicted molar refractivity (Wildman–Crippen MR) is 137 cm³/mol. The minimum atomic E-state index is -3.51. The number of nitrogens with zero attached hydrogens (tertiary/aromatic N) is 2. The van der Waals surface area contributed by atoms with Gasteiger partial charge in [0.1, 0.15) is 6.04 Å². The number of halogens is 1. The van der Waals surface area contributed by atoms with Crippen LogP contribution in [0.5, 0.6) is 0 Å². The van der Waals surface area contributed by atoms with Crippen molar-refractivity contribution >= 4 is 39.1 Å². The molecule has 0 radical (unpaired) electrons. The number of nitrogens with one attached hydrogen (secondary N) is 1. The quantitative estimate of drug-likeness (QED) is 0.470. The van der Waals surface area contributed by atoms with Crippen LogP contribution in [-0.4, -0.2) is 51.0 Å². The summed E-state index contributed by atoms with van der Waals surface area (Å²) >= 11 is 5.98. The molecule has 2 amide bonds. The number of likely N-dealkylation sites (N-methyl/N-ethyl adjacent to an activating group) is 1. The largest absolute Gasteiger partial charge is 0.357 e. The lowest BCUT2D eigenvalue weighted by atomic mass is 10.1. The van der Waals surface area contributed by atoms with Crippen molar-refractivity contribution in [1.82, 2.24) is 10.2 Å². The Balaban J connectivity index is 2.17. The monoisotopic (exact) mass is 507 g/mol. The molecule has 0 fully saturated rings. The summed E-state index contributed by atoms with van der Waals surface area (Å²) in [5, 5.41) is 3.22. The van der Waals surface area contributed by atoms with Crippen LogP contribution in [0.25, 0.3) is 0 Å². The number of amides is 2. The summed E-state index contributed by atoms with van der Waals surface area (Å²) < 4.78 is 26.1. The van der Waals surface area contributed by atoms with Crippen LogP contribution in [0.4, 0.5) is 5.69 Å². The van der Waals surface area contributed by atoms with Crippen molar-refractivity contribution in [3.8, 4) is 0 Å². The smallest absolute Gasteiger partial charge is 0.242 e. The van der Waals surface area contributed by atoms with Gasteiger partial charge in [-0.2, -0.15) is 0 Å². The zero-order valence-electron chi connectivity index (χ0n) is 20.3. The molecule has 186 valence electrons. The first-order valence-corrected chi connectivity index (χ1v) is 13.7. The molecule has 0 heterocycles. The Labute approximate surface area is 208 Å². The molecule has 1 atom stereocenters. The molecule has 0 unspecified atom stereocenters. The van der Waals surface area contributed by atoms with Crippen LogP contribution in [0.3, 0.4) is 0 Å². The number of sulfonamides is 1. The second kappa shape index (κ2) is 12.8. The molecule has 2 rings (SSSR count). The SMILES string of the molecule is CCc1ccc(N(CCCC(=O)N(Cc2ccc(Cl)cc2)[C@H](CC)C(=O)NC)S(C)(=O)=O)cc1. The fourth-order valence-corrected chi connectivity index (χ4v) is 4.87. The number of benzene rings is 2. The minimum Gasteiger partial charge on any atom is -0.357 e. The number of hydrogen-bond acceptors (Lipinski definition) is 4. The lowest BCUT2D eigenvalue weighted by Crippen LogP contribution is -2.48. The predicted octanol–water partition coefficient (Wildman–Crippen LogP) is 4.00. The summed E-state index contributed by atoms with van der Waals surface area (Å²) in [6, 6.07) is 13.9. The van der Waals surface area contributed by atoms with Crippen molar-refractivity contribution in [1.29, 1.82) is 0 Å². The van der Waals surface area contributed by atoms with Gasteiger partial charge in [-0.05, 0) is 54.7 Å². The van der Waals surface area contributed by atoms with Gasteiger partial charge in [0.25, 0.3) is 0 Å². The number of hydrogen-bond donors (Lipinski definition) is 1. The first-order chi connectivity index (χ1) is 16.1. The molecule has 34 heavy (non-hydrogen) atoms. The highest BCUT2D eigenvalue weighted by atomic mass is 35.5. The summed E-state index contributed by atoms with van der Waals surface area (Å²) in [5.41, 5.74) is 2.54. The van der Waals surface area contributed by atoms with E-state index < -0.39 is 16.1 Å². The fraction of sp³-hybridized carbons (Fsp3) is 0.440. The van der Waals surface area contributed by atoms with E-state index in [9.17, 15) is 18.0 Å². The molecule has 9 heteroatoms. The molecule has 0 spiro atoms. The normalized spacial score (nSPS) is 12.1. The van der Waals surface area contributed by atoms with Crippen LogP contribution < -0.4 is 9.62 Å². The number of carbonyl (C=O) groups excluding carboxylic acids is 2. The van der Waals surface area contributed by atoms with Crippen LogP contribution in [0, 0.1) is 0 Å². The maximum absolute atomic E-state index is 13.2. The Bertz CT molecular complexity index is 1060.